The number of hydrazone groups is 1. The average molecular weight is 611 g/mol. The first kappa shape index (κ1) is 28.8. The third-order valence-electron chi connectivity index (χ3n) is 7.53. The lowest BCUT2D eigenvalue weighted by atomic mass is 9.95. The van der Waals surface area contributed by atoms with Crippen LogP contribution in [0.5, 0.6) is 0 Å². The number of nitrogens with zero attached hydrogens (tertiary/aromatic N) is 3. The molecule has 5 aromatic rings. The van der Waals surface area contributed by atoms with E-state index in [-0.39, 0.29) is 16.8 Å². The van der Waals surface area contributed by atoms with Crippen molar-refractivity contribution < 1.29 is 12.8 Å². The lowest BCUT2D eigenvalue weighted by Crippen LogP contribution is -2.18. The Morgan fingerprint density at radius 3 is 2.19 bits per heavy atom. The highest BCUT2D eigenvalue weighted by Crippen LogP contribution is 2.40. The number of rotatable bonds is 8. The predicted molar refractivity (Wildman–Crippen MR) is 173 cm³/mol. The molecule has 0 bridgehead atoms. The Kier molecular flexibility index (Phi) is 7.85. The number of aromatic nitrogens is 1. The topological polar surface area (TPSA) is 74.7 Å². The van der Waals surface area contributed by atoms with E-state index >= 15 is 0 Å². The van der Waals surface area contributed by atoms with Crippen molar-refractivity contribution in [2.75, 3.05) is 9.73 Å². The van der Waals surface area contributed by atoms with Crippen LogP contribution in [0.4, 0.5) is 15.2 Å². The first-order chi connectivity index (χ1) is 20.7. The zero-order valence-corrected chi connectivity index (χ0v) is 25.7. The number of hydrogen-bond acceptors (Lipinski definition) is 6. The number of thiazole rings is 1. The van der Waals surface area contributed by atoms with Crippen molar-refractivity contribution in [1.82, 2.24) is 4.98 Å². The summed E-state index contributed by atoms with van der Waals surface area (Å²) in [5, 5.41) is 9.65. The van der Waals surface area contributed by atoms with Crippen molar-refractivity contribution in [2.45, 2.75) is 44.0 Å². The van der Waals surface area contributed by atoms with Gasteiger partial charge in [0.2, 0.25) is 5.13 Å². The van der Waals surface area contributed by atoms with E-state index in [1.165, 1.54) is 29.0 Å². The van der Waals surface area contributed by atoms with E-state index < -0.39 is 10.0 Å². The molecule has 6 nitrogen and oxygen atoms in total. The molecule has 0 saturated carbocycles. The predicted octanol–water partition coefficient (Wildman–Crippen LogP) is 8.54. The van der Waals surface area contributed by atoms with E-state index in [1.54, 1.807) is 48.5 Å². The monoisotopic (exact) mass is 610 g/mol. The Bertz CT molecular complexity index is 1870. The van der Waals surface area contributed by atoms with Gasteiger partial charge in [-0.05, 0) is 65.9 Å². The van der Waals surface area contributed by atoms with E-state index in [9.17, 15) is 12.8 Å². The first-order valence-electron chi connectivity index (χ1n) is 14.0. The van der Waals surface area contributed by atoms with Crippen molar-refractivity contribution >= 4 is 37.9 Å². The third-order valence-corrected chi connectivity index (χ3v) is 9.76. The van der Waals surface area contributed by atoms with Gasteiger partial charge in [-0.3, -0.25) is 4.72 Å². The number of aryl methyl sites for hydroxylation is 1. The summed E-state index contributed by atoms with van der Waals surface area (Å²) in [5.41, 5.74) is 7.26. The second-order valence-corrected chi connectivity index (χ2v) is 13.5. The Morgan fingerprint density at radius 2 is 1.53 bits per heavy atom. The summed E-state index contributed by atoms with van der Waals surface area (Å²) in [6.07, 6.45) is 0.664. The molecule has 0 aliphatic carbocycles. The van der Waals surface area contributed by atoms with Crippen LogP contribution >= 0.6 is 11.3 Å². The average Bonchev–Trinajstić information content (AvgIpc) is 3.66. The van der Waals surface area contributed by atoms with Gasteiger partial charge in [-0.25, -0.2) is 22.8 Å². The van der Waals surface area contributed by atoms with Gasteiger partial charge in [-0.15, -0.1) is 11.3 Å². The highest BCUT2D eigenvalue weighted by molar-refractivity contribution is 7.92. The lowest BCUT2D eigenvalue weighted by molar-refractivity contribution is 0.601. The highest BCUT2D eigenvalue weighted by Gasteiger charge is 2.32. The second kappa shape index (κ2) is 11.7. The molecule has 0 amide bonds. The molecule has 1 aromatic heterocycles. The van der Waals surface area contributed by atoms with E-state index in [1.807, 2.05) is 29.4 Å². The molecule has 1 aliphatic heterocycles. The van der Waals surface area contributed by atoms with Gasteiger partial charge in [0.25, 0.3) is 10.0 Å². The normalized spacial score (nSPS) is 15.1. The van der Waals surface area contributed by atoms with Crippen molar-refractivity contribution in [3.8, 4) is 11.3 Å². The number of benzene rings is 4. The minimum atomic E-state index is -3.69. The van der Waals surface area contributed by atoms with Gasteiger partial charge in [0, 0.05) is 23.1 Å². The van der Waals surface area contributed by atoms with Gasteiger partial charge in [0.05, 0.1) is 22.3 Å². The molecule has 1 aliphatic rings. The molecular formula is C34H31FN4O2S2. The van der Waals surface area contributed by atoms with Crippen LogP contribution in [-0.2, 0) is 10.0 Å². The van der Waals surface area contributed by atoms with Gasteiger partial charge in [0.15, 0.2) is 0 Å². The molecule has 0 unspecified atom stereocenters. The maximum atomic E-state index is 13.6. The van der Waals surface area contributed by atoms with Crippen LogP contribution in [0.2, 0.25) is 0 Å². The van der Waals surface area contributed by atoms with Crippen LogP contribution < -0.4 is 9.73 Å². The van der Waals surface area contributed by atoms with E-state index in [2.05, 4.69) is 42.8 Å². The molecule has 0 spiro atoms. The maximum Gasteiger partial charge on any atom is 0.261 e. The minimum Gasteiger partial charge on any atom is -0.280 e. The minimum absolute atomic E-state index is 0.0566. The summed E-state index contributed by atoms with van der Waals surface area (Å²) in [4.78, 5) is 5.14. The molecule has 9 heteroatoms. The zero-order chi connectivity index (χ0) is 30.1. The molecule has 1 N–H and O–H groups in total. The molecule has 4 aromatic carbocycles. The van der Waals surface area contributed by atoms with Crippen LogP contribution in [0.15, 0.2) is 112 Å². The fourth-order valence-electron chi connectivity index (χ4n) is 5.01. The van der Waals surface area contributed by atoms with E-state index in [0.29, 0.717) is 18.0 Å². The highest BCUT2D eigenvalue weighted by atomic mass is 32.2. The number of sulfonamides is 1. The number of nitrogens with one attached hydrogen (secondary N) is 1. The molecule has 2 heterocycles. The second-order valence-electron chi connectivity index (χ2n) is 11.0. The van der Waals surface area contributed by atoms with Crippen molar-refractivity contribution in [1.29, 1.82) is 0 Å². The Hall–Kier alpha value is -4.34. The largest absolute Gasteiger partial charge is 0.280 e. The fraction of sp³-hybridized carbons (Fsp3) is 0.176. The number of halogens is 1. The van der Waals surface area contributed by atoms with Gasteiger partial charge >= 0.3 is 0 Å². The molecule has 218 valence electrons. The lowest BCUT2D eigenvalue weighted by Gasteiger charge is -2.21. The molecular weight excluding hydrogens is 580 g/mol. The van der Waals surface area contributed by atoms with Crippen molar-refractivity contribution in [2.24, 2.45) is 5.10 Å². The maximum absolute atomic E-state index is 13.6. The van der Waals surface area contributed by atoms with Crippen LogP contribution in [0, 0.1) is 12.7 Å². The van der Waals surface area contributed by atoms with E-state index in [4.69, 9.17) is 10.1 Å². The van der Waals surface area contributed by atoms with Crippen LogP contribution in [0.25, 0.3) is 11.3 Å². The summed E-state index contributed by atoms with van der Waals surface area (Å²) in [7, 11) is -3.69. The number of hydrogen-bond donors (Lipinski definition) is 1. The summed E-state index contributed by atoms with van der Waals surface area (Å²) in [6, 6.07) is 28.9. The van der Waals surface area contributed by atoms with Gasteiger partial charge < -0.3 is 0 Å². The fourth-order valence-corrected chi connectivity index (χ4v) is 6.90. The van der Waals surface area contributed by atoms with Crippen molar-refractivity contribution in [3.05, 3.63) is 131 Å². The molecule has 0 fully saturated rings. The Balaban J connectivity index is 1.26. The summed E-state index contributed by atoms with van der Waals surface area (Å²) < 4.78 is 41.9. The molecule has 0 saturated heterocycles. The van der Waals surface area contributed by atoms with Gasteiger partial charge in [0.1, 0.15) is 5.82 Å². The van der Waals surface area contributed by atoms with Crippen LogP contribution in [-0.4, -0.2) is 19.1 Å². The third kappa shape index (κ3) is 6.23. The molecule has 1 atom stereocenters. The smallest absolute Gasteiger partial charge is 0.261 e. The first-order valence-corrected chi connectivity index (χ1v) is 16.4. The standard InChI is InChI=1S/C34H31FN4O2S2/c1-22(2)24-6-8-27(9-7-24)33-20-31(25-10-14-28(35)15-11-25)37-39(33)34-36-32(21-42-34)26-12-16-29(17-13-26)38-43(40,41)30-18-4-23(3)5-19-30/h4-19,21-22,33,38H,20H2,1-3H3/t33-/m0/s1. The quantitative estimate of drug-likeness (QED) is 0.191. The Labute approximate surface area is 255 Å². The molecule has 43 heavy (non-hydrogen) atoms. The molecule has 0 radical (unpaired) electrons. The van der Waals surface area contributed by atoms with Crippen LogP contribution in [0.1, 0.15) is 54.5 Å². The summed E-state index contributed by atoms with van der Waals surface area (Å²) >= 11 is 1.50. The van der Waals surface area contributed by atoms with Gasteiger partial charge in [-0.2, -0.15) is 5.10 Å². The Morgan fingerprint density at radius 1 is 0.884 bits per heavy atom. The number of anilines is 2. The van der Waals surface area contributed by atoms with E-state index in [0.717, 1.165) is 38.8 Å². The van der Waals surface area contributed by atoms with Crippen molar-refractivity contribution in [3.63, 3.8) is 0 Å². The molecule has 6 rings (SSSR count). The van der Waals surface area contributed by atoms with Crippen LogP contribution in [0.3, 0.4) is 0 Å². The SMILES string of the molecule is Cc1ccc(S(=O)(=O)Nc2ccc(-c3csc(N4N=C(c5ccc(F)cc5)C[C@H]4c4ccc(C(C)C)cc4)n3)cc2)cc1. The summed E-state index contributed by atoms with van der Waals surface area (Å²) in [5.74, 6) is 0.157. The summed E-state index contributed by atoms with van der Waals surface area (Å²) in [6.45, 7) is 6.27. The zero-order valence-electron chi connectivity index (χ0n) is 24.0. The van der Waals surface area contributed by atoms with Gasteiger partial charge in [-0.1, -0.05) is 80.1 Å².